The van der Waals surface area contributed by atoms with Crippen LogP contribution in [-0.4, -0.2) is 4.98 Å². The highest BCUT2D eigenvalue weighted by Crippen LogP contribution is 2.32. The van der Waals surface area contributed by atoms with Gasteiger partial charge in [-0.25, -0.2) is 0 Å². The number of hydrogen-bond donors (Lipinski definition) is 0. The van der Waals surface area contributed by atoms with Crippen LogP contribution in [0.25, 0.3) is 43.6 Å². The summed E-state index contributed by atoms with van der Waals surface area (Å²) in [6.07, 6.45) is 1.84. The third-order valence-corrected chi connectivity index (χ3v) is 4.70. The molecule has 0 aliphatic rings. The number of hydrogen-bond acceptors (Lipinski definition) is 1. The molecule has 0 amide bonds. The molecule has 0 N–H and O–H groups in total. The summed E-state index contributed by atoms with van der Waals surface area (Å²) >= 11 is 0. The number of benzene rings is 4. The zero-order chi connectivity index (χ0) is 15.9. The Morgan fingerprint density at radius 1 is 0.500 bits per heavy atom. The van der Waals surface area contributed by atoms with Crippen LogP contribution in [0.15, 0.2) is 91.1 Å². The topological polar surface area (TPSA) is 12.9 Å². The van der Waals surface area contributed by atoms with Crippen molar-refractivity contribution in [3.8, 4) is 11.3 Å². The molecule has 0 spiro atoms. The van der Waals surface area contributed by atoms with Crippen LogP contribution in [0.3, 0.4) is 0 Å². The largest absolute Gasteiger partial charge is 0.256 e. The molecule has 1 nitrogen and oxygen atoms in total. The van der Waals surface area contributed by atoms with E-state index in [4.69, 9.17) is 0 Å². The molecule has 1 heterocycles. The van der Waals surface area contributed by atoms with E-state index >= 15 is 0 Å². The van der Waals surface area contributed by atoms with Crippen LogP contribution in [0, 0.1) is 0 Å². The van der Waals surface area contributed by atoms with E-state index in [1.165, 1.54) is 32.3 Å². The fourth-order valence-electron chi connectivity index (χ4n) is 3.52. The van der Waals surface area contributed by atoms with Gasteiger partial charge in [-0.1, -0.05) is 66.7 Å². The van der Waals surface area contributed by atoms with Crippen LogP contribution in [-0.2, 0) is 0 Å². The van der Waals surface area contributed by atoms with Crippen LogP contribution < -0.4 is 0 Å². The average Bonchev–Trinajstić information content (AvgIpc) is 2.67. The van der Waals surface area contributed by atoms with Crippen molar-refractivity contribution < 1.29 is 0 Å². The quantitative estimate of drug-likeness (QED) is 0.336. The lowest BCUT2D eigenvalue weighted by molar-refractivity contribution is 1.33. The van der Waals surface area contributed by atoms with Crippen molar-refractivity contribution >= 4 is 32.3 Å². The summed E-state index contributed by atoms with van der Waals surface area (Å²) < 4.78 is 0. The van der Waals surface area contributed by atoms with Gasteiger partial charge in [0.2, 0.25) is 0 Å². The van der Waals surface area contributed by atoms with Crippen molar-refractivity contribution in [2.24, 2.45) is 0 Å². The number of fused-ring (bicyclic) bond motifs is 5. The van der Waals surface area contributed by atoms with Gasteiger partial charge in [0.15, 0.2) is 0 Å². The fourth-order valence-corrected chi connectivity index (χ4v) is 3.52. The molecular weight excluding hydrogens is 290 g/mol. The molecule has 0 fully saturated rings. The summed E-state index contributed by atoms with van der Waals surface area (Å²) in [5.41, 5.74) is 2.17. The maximum absolute atomic E-state index is 4.46. The Bertz CT molecular complexity index is 1190. The first-order chi connectivity index (χ1) is 11.9. The lowest BCUT2D eigenvalue weighted by atomic mass is 9.96. The summed E-state index contributed by atoms with van der Waals surface area (Å²) in [7, 11) is 0. The first-order valence-corrected chi connectivity index (χ1v) is 8.16. The molecular formula is C23H15N. The molecule has 0 aliphatic heterocycles. The zero-order valence-corrected chi connectivity index (χ0v) is 13.1. The lowest BCUT2D eigenvalue weighted by Gasteiger charge is -2.09. The highest BCUT2D eigenvalue weighted by atomic mass is 14.7. The molecule has 0 unspecified atom stereocenters. The molecule has 0 saturated carbocycles. The van der Waals surface area contributed by atoms with E-state index in [0.29, 0.717) is 0 Å². The molecule has 24 heavy (non-hydrogen) atoms. The summed E-state index contributed by atoms with van der Waals surface area (Å²) in [6, 6.07) is 30.1. The van der Waals surface area contributed by atoms with Crippen molar-refractivity contribution in [2.45, 2.75) is 0 Å². The van der Waals surface area contributed by atoms with E-state index in [9.17, 15) is 0 Å². The summed E-state index contributed by atoms with van der Waals surface area (Å²) in [4.78, 5) is 4.46. The average molecular weight is 305 g/mol. The smallest absolute Gasteiger partial charge is 0.0702 e. The van der Waals surface area contributed by atoms with Gasteiger partial charge in [0.25, 0.3) is 0 Å². The molecule has 4 aromatic carbocycles. The maximum atomic E-state index is 4.46. The van der Waals surface area contributed by atoms with E-state index in [1.807, 2.05) is 18.3 Å². The molecule has 112 valence electrons. The van der Waals surface area contributed by atoms with E-state index in [-0.39, 0.29) is 0 Å². The molecule has 0 bridgehead atoms. The predicted molar refractivity (Wildman–Crippen MR) is 102 cm³/mol. The van der Waals surface area contributed by atoms with Gasteiger partial charge in [0.05, 0.1) is 5.69 Å². The summed E-state index contributed by atoms with van der Waals surface area (Å²) in [6.45, 7) is 0. The fraction of sp³-hybridized carbons (Fsp3) is 0. The second-order valence-corrected chi connectivity index (χ2v) is 6.10. The first kappa shape index (κ1) is 13.3. The highest BCUT2D eigenvalue weighted by Gasteiger charge is 2.06. The Balaban J connectivity index is 1.81. The van der Waals surface area contributed by atoms with Gasteiger partial charge < -0.3 is 0 Å². The monoisotopic (exact) mass is 305 g/mol. The van der Waals surface area contributed by atoms with Crippen molar-refractivity contribution in [3.05, 3.63) is 91.1 Å². The molecule has 0 saturated heterocycles. The Morgan fingerprint density at radius 3 is 2.04 bits per heavy atom. The molecule has 0 aliphatic carbocycles. The SMILES string of the molecule is c1ccc(-c2ccc3c(ccc4c5ccccc5ccc34)c2)nc1. The van der Waals surface area contributed by atoms with E-state index in [0.717, 1.165) is 11.3 Å². The van der Waals surface area contributed by atoms with Crippen molar-refractivity contribution in [1.29, 1.82) is 0 Å². The molecule has 1 aromatic heterocycles. The lowest BCUT2D eigenvalue weighted by Crippen LogP contribution is -1.84. The van der Waals surface area contributed by atoms with Crippen LogP contribution in [0.4, 0.5) is 0 Å². The standard InChI is InChI=1S/C23H15N/c1-2-6-19-16(5-1)8-12-22-20-11-10-18(23-7-3-4-14-24-23)15-17(20)9-13-21(19)22/h1-15H. The Kier molecular flexibility index (Phi) is 2.86. The Morgan fingerprint density at radius 2 is 1.21 bits per heavy atom. The third-order valence-electron chi connectivity index (χ3n) is 4.70. The van der Waals surface area contributed by atoms with Gasteiger partial charge in [0, 0.05) is 11.8 Å². The van der Waals surface area contributed by atoms with Gasteiger partial charge in [-0.05, 0) is 50.5 Å². The zero-order valence-electron chi connectivity index (χ0n) is 13.1. The molecule has 1 heteroatoms. The third kappa shape index (κ3) is 1.99. The number of aromatic nitrogens is 1. The van der Waals surface area contributed by atoms with Crippen LogP contribution >= 0.6 is 0 Å². The van der Waals surface area contributed by atoms with Gasteiger partial charge in [-0.15, -0.1) is 0 Å². The number of rotatable bonds is 1. The minimum Gasteiger partial charge on any atom is -0.256 e. The minimum absolute atomic E-state index is 1.01. The molecule has 5 aromatic rings. The van der Waals surface area contributed by atoms with Gasteiger partial charge >= 0.3 is 0 Å². The van der Waals surface area contributed by atoms with Gasteiger partial charge in [-0.3, -0.25) is 4.98 Å². The van der Waals surface area contributed by atoms with E-state index in [2.05, 4.69) is 77.8 Å². The number of pyridine rings is 1. The minimum atomic E-state index is 1.01. The molecule has 0 atom stereocenters. The highest BCUT2D eigenvalue weighted by molar-refractivity contribution is 6.17. The first-order valence-electron chi connectivity index (χ1n) is 8.16. The summed E-state index contributed by atoms with van der Waals surface area (Å²) in [5.74, 6) is 0. The second-order valence-electron chi connectivity index (χ2n) is 6.10. The van der Waals surface area contributed by atoms with Crippen molar-refractivity contribution in [2.75, 3.05) is 0 Å². The van der Waals surface area contributed by atoms with Crippen molar-refractivity contribution in [1.82, 2.24) is 4.98 Å². The number of nitrogens with zero attached hydrogens (tertiary/aromatic N) is 1. The molecule has 5 rings (SSSR count). The van der Waals surface area contributed by atoms with Crippen molar-refractivity contribution in [3.63, 3.8) is 0 Å². The van der Waals surface area contributed by atoms with Gasteiger partial charge in [0.1, 0.15) is 0 Å². The molecule has 0 radical (unpaired) electrons. The van der Waals surface area contributed by atoms with E-state index in [1.54, 1.807) is 0 Å². The van der Waals surface area contributed by atoms with Crippen LogP contribution in [0.5, 0.6) is 0 Å². The normalized spacial score (nSPS) is 11.3. The Labute approximate surface area is 140 Å². The summed E-state index contributed by atoms with van der Waals surface area (Å²) in [5, 5.41) is 7.75. The van der Waals surface area contributed by atoms with Gasteiger partial charge in [-0.2, -0.15) is 0 Å². The maximum Gasteiger partial charge on any atom is 0.0702 e. The second kappa shape index (κ2) is 5.17. The Hall–Kier alpha value is -3.19. The predicted octanol–water partition coefficient (Wildman–Crippen LogP) is 6.21. The van der Waals surface area contributed by atoms with Crippen LogP contribution in [0.1, 0.15) is 0 Å². The van der Waals surface area contributed by atoms with E-state index < -0.39 is 0 Å². The van der Waals surface area contributed by atoms with Crippen LogP contribution in [0.2, 0.25) is 0 Å².